The normalized spacial score (nSPS) is 14.1. The molecule has 1 aromatic rings. The second kappa shape index (κ2) is 4.11. The maximum atomic E-state index is 6.13. The minimum atomic E-state index is -0.326. The maximum absolute atomic E-state index is 6.13. The number of benzene rings is 1. The fraction of sp³-hybridized carbons (Fsp3) is 0.500. The van der Waals surface area contributed by atoms with Crippen molar-refractivity contribution >= 4 is 0 Å². The van der Waals surface area contributed by atoms with Crippen LogP contribution in [0.1, 0.15) is 31.0 Å². The number of ether oxygens (including phenoxy) is 1. The Morgan fingerprint density at radius 3 is 2.50 bits per heavy atom. The van der Waals surface area contributed by atoms with Gasteiger partial charge in [0.1, 0.15) is 0 Å². The Morgan fingerprint density at radius 1 is 1.36 bits per heavy atom. The Balaban J connectivity index is 2.94. The SMILES string of the molecule is COC(C)(C)C(N)c1cccc(C)c1. The van der Waals surface area contributed by atoms with E-state index in [1.165, 1.54) is 5.56 Å². The highest BCUT2D eigenvalue weighted by molar-refractivity contribution is 5.26. The molecule has 0 aliphatic heterocycles. The monoisotopic (exact) mass is 193 g/mol. The lowest BCUT2D eigenvalue weighted by Gasteiger charge is -2.30. The summed E-state index contributed by atoms with van der Waals surface area (Å²) in [6.07, 6.45) is 0. The molecule has 0 spiro atoms. The highest BCUT2D eigenvalue weighted by atomic mass is 16.5. The summed E-state index contributed by atoms with van der Waals surface area (Å²) in [5.41, 5.74) is 8.15. The Kier molecular flexibility index (Phi) is 3.29. The molecule has 1 aromatic carbocycles. The van der Waals surface area contributed by atoms with Crippen LogP contribution in [0.15, 0.2) is 24.3 Å². The first kappa shape index (κ1) is 11.2. The molecule has 1 rings (SSSR count). The molecule has 0 heterocycles. The quantitative estimate of drug-likeness (QED) is 0.800. The first-order valence-electron chi connectivity index (χ1n) is 4.84. The molecule has 1 unspecified atom stereocenters. The molecule has 0 radical (unpaired) electrons. The van der Waals surface area contributed by atoms with Crippen LogP contribution in [0, 0.1) is 6.92 Å². The van der Waals surface area contributed by atoms with Crippen LogP contribution in [0.3, 0.4) is 0 Å². The Bertz CT molecular complexity index is 307. The van der Waals surface area contributed by atoms with Crippen LogP contribution >= 0.6 is 0 Å². The van der Waals surface area contributed by atoms with E-state index < -0.39 is 0 Å². The number of nitrogens with two attached hydrogens (primary N) is 1. The lowest BCUT2D eigenvalue weighted by Crippen LogP contribution is -2.37. The van der Waals surface area contributed by atoms with E-state index in [-0.39, 0.29) is 11.6 Å². The van der Waals surface area contributed by atoms with Gasteiger partial charge in [-0.3, -0.25) is 0 Å². The van der Waals surface area contributed by atoms with E-state index in [2.05, 4.69) is 19.1 Å². The molecule has 0 saturated heterocycles. The molecule has 0 aliphatic rings. The van der Waals surface area contributed by atoms with Gasteiger partial charge in [0.2, 0.25) is 0 Å². The van der Waals surface area contributed by atoms with Crippen LogP contribution in [-0.2, 0) is 4.74 Å². The van der Waals surface area contributed by atoms with E-state index >= 15 is 0 Å². The van der Waals surface area contributed by atoms with Gasteiger partial charge in [0.25, 0.3) is 0 Å². The zero-order valence-electron chi connectivity index (χ0n) is 9.37. The van der Waals surface area contributed by atoms with Crippen LogP contribution in [-0.4, -0.2) is 12.7 Å². The smallest absolute Gasteiger partial charge is 0.0814 e. The van der Waals surface area contributed by atoms with Crippen LogP contribution in [0.5, 0.6) is 0 Å². The van der Waals surface area contributed by atoms with Gasteiger partial charge in [0, 0.05) is 7.11 Å². The molecule has 78 valence electrons. The summed E-state index contributed by atoms with van der Waals surface area (Å²) >= 11 is 0. The molecule has 0 saturated carbocycles. The highest BCUT2D eigenvalue weighted by Gasteiger charge is 2.27. The molecule has 2 nitrogen and oxygen atoms in total. The van der Waals surface area contributed by atoms with Crippen molar-refractivity contribution in [3.05, 3.63) is 35.4 Å². The second-order valence-electron chi connectivity index (χ2n) is 4.20. The average Bonchev–Trinajstić information content (AvgIpc) is 2.16. The zero-order chi connectivity index (χ0) is 10.8. The third kappa shape index (κ3) is 2.34. The Labute approximate surface area is 86.1 Å². The predicted molar refractivity (Wildman–Crippen MR) is 59.2 cm³/mol. The number of rotatable bonds is 3. The van der Waals surface area contributed by atoms with E-state index in [1.54, 1.807) is 7.11 Å². The Morgan fingerprint density at radius 2 is 2.00 bits per heavy atom. The summed E-state index contributed by atoms with van der Waals surface area (Å²) in [5, 5.41) is 0. The van der Waals surface area contributed by atoms with E-state index in [9.17, 15) is 0 Å². The van der Waals surface area contributed by atoms with Crippen molar-refractivity contribution in [2.45, 2.75) is 32.4 Å². The fourth-order valence-corrected chi connectivity index (χ4v) is 1.39. The second-order valence-corrected chi connectivity index (χ2v) is 4.20. The van der Waals surface area contributed by atoms with Crippen molar-refractivity contribution < 1.29 is 4.74 Å². The molecule has 0 bridgehead atoms. The first-order valence-corrected chi connectivity index (χ1v) is 4.84. The fourth-order valence-electron chi connectivity index (χ4n) is 1.39. The van der Waals surface area contributed by atoms with Gasteiger partial charge in [-0.05, 0) is 26.3 Å². The summed E-state index contributed by atoms with van der Waals surface area (Å²) in [7, 11) is 1.69. The standard InChI is InChI=1S/C12H19NO/c1-9-6-5-7-10(8-9)11(13)12(2,3)14-4/h5-8,11H,13H2,1-4H3. The van der Waals surface area contributed by atoms with Gasteiger partial charge in [0.15, 0.2) is 0 Å². The summed E-state index contributed by atoms with van der Waals surface area (Å²) < 4.78 is 5.37. The molecule has 0 amide bonds. The van der Waals surface area contributed by atoms with Crippen molar-refractivity contribution in [3.63, 3.8) is 0 Å². The van der Waals surface area contributed by atoms with Gasteiger partial charge in [-0.2, -0.15) is 0 Å². The summed E-state index contributed by atoms with van der Waals surface area (Å²) in [6.45, 7) is 6.07. The van der Waals surface area contributed by atoms with Crippen molar-refractivity contribution in [3.8, 4) is 0 Å². The first-order chi connectivity index (χ1) is 6.47. The Hall–Kier alpha value is -0.860. The van der Waals surface area contributed by atoms with Crippen LogP contribution in [0.4, 0.5) is 0 Å². The molecule has 14 heavy (non-hydrogen) atoms. The van der Waals surface area contributed by atoms with Gasteiger partial charge in [-0.15, -0.1) is 0 Å². The zero-order valence-corrected chi connectivity index (χ0v) is 9.37. The minimum absolute atomic E-state index is 0.0904. The van der Waals surface area contributed by atoms with E-state index in [0.717, 1.165) is 5.56 Å². The third-order valence-electron chi connectivity index (χ3n) is 2.68. The van der Waals surface area contributed by atoms with Gasteiger partial charge in [-0.1, -0.05) is 29.8 Å². The maximum Gasteiger partial charge on any atom is 0.0814 e. The average molecular weight is 193 g/mol. The molecule has 1 atom stereocenters. The molecule has 0 aliphatic carbocycles. The third-order valence-corrected chi connectivity index (χ3v) is 2.68. The van der Waals surface area contributed by atoms with Gasteiger partial charge in [-0.25, -0.2) is 0 Å². The van der Waals surface area contributed by atoms with Crippen LogP contribution in [0.25, 0.3) is 0 Å². The highest BCUT2D eigenvalue weighted by Crippen LogP contribution is 2.26. The number of aryl methyl sites for hydroxylation is 1. The molecular weight excluding hydrogens is 174 g/mol. The molecule has 2 heteroatoms. The van der Waals surface area contributed by atoms with Crippen LogP contribution in [0.2, 0.25) is 0 Å². The lowest BCUT2D eigenvalue weighted by atomic mass is 9.92. The predicted octanol–water partition coefficient (Wildman–Crippen LogP) is 2.42. The number of hydrogen-bond acceptors (Lipinski definition) is 2. The van der Waals surface area contributed by atoms with Crippen LogP contribution < -0.4 is 5.73 Å². The van der Waals surface area contributed by atoms with Gasteiger partial charge in [0.05, 0.1) is 11.6 Å². The summed E-state index contributed by atoms with van der Waals surface area (Å²) in [5.74, 6) is 0. The lowest BCUT2D eigenvalue weighted by molar-refractivity contribution is -0.0000385. The molecule has 0 aromatic heterocycles. The van der Waals surface area contributed by atoms with Gasteiger partial charge >= 0.3 is 0 Å². The topological polar surface area (TPSA) is 35.2 Å². The van der Waals surface area contributed by atoms with E-state index in [1.807, 2.05) is 26.0 Å². The van der Waals surface area contributed by atoms with Crippen molar-refractivity contribution in [2.24, 2.45) is 5.73 Å². The van der Waals surface area contributed by atoms with E-state index in [4.69, 9.17) is 10.5 Å². The van der Waals surface area contributed by atoms with Crippen molar-refractivity contribution in [1.29, 1.82) is 0 Å². The largest absolute Gasteiger partial charge is 0.377 e. The number of methoxy groups -OCH3 is 1. The summed E-state index contributed by atoms with van der Waals surface area (Å²) in [4.78, 5) is 0. The number of hydrogen-bond donors (Lipinski definition) is 1. The van der Waals surface area contributed by atoms with Gasteiger partial charge < -0.3 is 10.5 Å². The van der Waals surface area contributed by atoms with Crippen molar-refractivity contribution in [1.82, 2.24) is 0 Å². The van der Waals surface area contributed by atoms with E-state index in [0.29, 0.717) is 0 Å². The molecule has 0 fully saturated rings. The molecule has 2 N–H and O–H groups in total. The summed E-state index contributed by atoms with van der Waals surface area (Å²) in [6, 6.07) is 8.14. The minimum Gasteiger partial charge on any atom is -0.377 e. The van der Waals surface area contributed by atoms with Crippen molar-refractivity contribution in [2.75, 3.05) is 7.11 Å². The molecular formula is C12H19NO.